The van der Waals surface area contributed by atoms with Crippen LogP contribution in [0.3, 0.4) is 0 Å². The number of aromatic nitrogens is 6. The lowest BCUT2D eigenvalue weighted by molar-refractivity contribution is -0.140. The summed E-state index contributed by atoms with van der Waals surface area (Å²) in [4.78, 5) is 191. The van der Waals surface area contributed by atoms with Gasteiger partial charge < -0.3 is 104 Å². The molecule has 27 N–H and O–H groups in total. The summed E-state index contributed by atoms with van der Waals surface area (Å²) in [6, 6.07) is -1.37. The Kier molecular flexibility index (Phi) is 44.5. The van der Waals surface area contributed by atoms with Crippen LogP contribution in [-0.2, 0) is 80.1 Å². The lowest BCUT2D eigenvalue weighted by Crippen LogP contribution is -2.60. The van der Waals surface area contributed by atoms with Crippen LogP contribution in [0.4, 0.5) is 0 Å². The topological polar surface area (TPSA) is 663 Å². The van der Waals surface area contributed by atoms with Gasteiger partial charge in [0, 0.05) is 38.0 Å². The van der Waals surface area contributed by atoms with Crippen molar-refractivity contribution in [2.75, 3.05) is 72.0 Å². The van der Waals surface area contributed by atoms with Crippen LogP contribution in [0.15, 0.2) is 41.7 Å². The fraction of sp³-hybridized carbons (Fsp3) is 0.648. The van der Waals surface area contributed by atoms with Gasteiger partial charge in [-0.3, -0.25) is 82.0 Å². The van der Waals surface area contributed by atoms with Crippen molar-refractivity contribution < 1.29 is 72.3 Å². The number of benzene rings is 1. The average Bonchev–Trinajstić information content (AvgIpc) is 1.79. The Morgan fingerprint density at radius 1 is 0.496 bits per heavy atom. The van der Waals surface area contributed by atoms with E-state index in [1.54, 1.807) is 34.9 Å². The van der Waals surface area contributed by atoms with E-state index >= 15 is 0 Å². The molecule has 42 nitrogen and oxygen atoms in total. The summed E-state index contributed by atoms with van der Waals surface area (Å²) in [6.07, 6.45) is 11.9. The maximum Gasteiger partial charge on any atom is 0.243 e. The molecule has 0 unspecified atom stereocenters. The van der Waals surface area contributed by atoms with Gasteiger partial charge in [0.15, 0.2) is 5.96 Å². The minimum Gasteiger partial charge on any atom is -0.370 e. The number of aliphatic imine (C=N–C) groups is 1. The molecular weight excluding hydrogens is 1470 g/mol. The predicted molar refractivity (Wildman–Crippen MR) is 413 cm³/mol. The smallest absolute Gasteiger partial charge is 0.243 e. The van der Waals surface area contributed by atoms with Crippen LogP contribution in [0.25, 0.3) is 16.9 Å². The van der Waals surface area contributed by atoms with E-state index in [2.05, 4.69) is 84.1 Å². The van der Waals surface area contributed by atoms with Gasteiger partial charge in [-0.25, -0.2) is 10.2 Å². The molecule has 0 aliphatic carbocycles. The molecule has 0 bridgehead atoms. The Hall–Kier alpha value is -10.8. The maximum atomic E-state index is 14.6. The van der Waals surface area contributed by atoms with Crippen molar-refractivity contribution in [1.29, 1.82) is 0 Å². The number of carbonyl (C=O) groups excluding carboxylic acids is 14. The molecule has 3 heterocycles. The van der Waals surface area contributed by atoms with Crippen molar-refractivity contribution in [1.82, 2.24) is 98.9 Å². The van der Waals surface area contributed by atoms with Crippen molar-refractivity contribution in [2.45, 2.75) is 217 Å². The molecule has 1 aliphatic rings. The average molecular weight is 1590 g/mol. The van der Waals surface area contributed by atoms with Gasteiger partial charge in [0.05, 0.1) is 56.5 Å². The normalized spacial score (nSPS) is 14.0. The van der Waals surface area contributed by atoms with Crippen LogP contribution in [-0.4, -0.2) is 243 Å². The summed E-state index contributed by atoms with van der Waals surface area (Å²) in [5.74, 6) is -10.6. The molecule has 1 saturated heterocycles. The summed E-state index contributed by atoms with van der Waals surface area (Å²) < 4.78 is 3.37. The summed E-state index contributed by atoms with van der Waals surface area (Å²) in [5.41, 5.74) is 44.1. The molecule has 42 heteroatoms. The molecule has 1 aromatic carbocycles. The van der Waals surface area contributed by atoms with E-state index in [0.717, 1.165) is 30.5 Å². The number of unbranched alkanes of at least 4 members (excludes halogenated alkanes) is 7. The molecule has 0 radical (unpaired) electrons. The molecule has 14 amide bonds. The van der Waals surface area contributed by atoms with Crippen LogP contribution >= 0.6 is 0 Å². The molecular formula is C71H119N27O15. The van der Waals surface area contributed by atoms with E-state index in [9.17, 15) is 67.1 Å². The number of primary amides is 1. The third-order valence-corrected chi connectivity index (χ3v) is 18.2. The Morgan fingerprint density at radius 2 is 0.973 bits per heavy atom. The number of rotatable bonds is 57. The van der Waals surface area contributed by atoms with Gasteiger partial charge >= 0.3 is 0 Å². The van der Waals surface area contributed by atoms with Crippen LogP contribution in [0.2, 0.25) is 0 Å². The highest BCUT2D eigenvalue weighted by molar-refractivity contribution is 5.99. The Balaban J connectivity index is 1.33. The molecule has 3 aromatic rings. The highest BCUT2D eigenvalue weighted by Gasteiger charge is 2.38. The summed E-state index contributed by atoms with van der Waals surface area (Å²) in [7, 11) is 0. The number of carbonyl (C=O) groups is 14. The number of aryl methyl sites for hydroxylation is 2. The van der Waals surface area contributed by atoms with Crippen molar-refractivity contribution in [3.05, 3.63) is 42.4 Å². The molecule has 113 heavy (non-hydrogen) atoms. The minimum absolute atomic E-state index is 0.00201. The van der Waals surface area contributed by atoms with Gasteiger partial charge in [-0.2, -0.15) is 0 Å². The molecule has 628 valence electrons. The van der Waals surface area contributed by atoms with Gasteiger partial charge in [0.1, 0.15) is 48.0 Å². The second-order valence-corrected chi connectivity index (χ2v) is 27.8. The van der Waals surface area contributed by atoms with E-state index < -0.39 is 164 Å². The number of nitrogens with zero attached hydrogens (tertiary/aromatic N) is 8. The molecule has 7 atom stereocenters. The number of nitrogens with two attached hydrogens (primary N) is 7. The molecule has 0 saturated carbocycles. The summed E-state index contributed by atoms with van der Waals surface area (Å²) >= 11 is 0. The van der Waals surface area contributed by atoms with Gasteiger partial charge in [0.2, 0.25) is 82.7 Å². The standard InChI is InChI=1S/C71H119N27O15/c1-45(2)63(70(112)84-41-61(104)80-38-56(76)99)90-68(110)52(22-9-13-34-75)87-67(109)53(23-16-35-79-71(77)78)88-65(107)50(20-7-11-32-73)85-64(106)49(19-6-10-31-72)86-66(108)51(21-8-12-33-74)89-69(111)55-24-17-37-97(55)62(105)42-83-60(103)40-82-59(102)39-81-57(100)26-15-18-47-43-98(95-91-47)48-29-27-46(28-30-48)54-44-96(94-92-54)36-14-4-3-5-25-58(101)93-113/h27-30,43-45,49-53,55,63,113H,3-26,31-42,72-75H2,1-2H3,(H2,76,99)(H,80,104)(H,81,100)(H,82,102)(H,83,103)(H,84,112)(H,85,106)(H,86,108)(H,87,109)(H,88,107)(H,89,111)(H,90,110)(H,93,101)(H4,77,78,79)/t49-,50-,51-,52-,53-,55-,63-/m0/s1. The SMILES string of the molecule is CC(C)[C@H](NC(=O)[C@H](CCCCN)NC(=O)[C@H](CCCN=C(N)N)NC(=O)[C@H](CCCCN)NC(=O)[C@H](CCCCN)NC(=O)[C@H](CCCCN)NC(=O)[C@@H]1CCCN1C(=O)CNC(=O)CNC(=O)CNC(=O)CCCc1cn(-c2ccc(-c3cn(CCCCCCC(=O)NO)nn3)cc2)nn1)C(=O)NCC(=O)NCC(N)=O. The Morgan fingerprint density at radius 3 is 1.49 bits per heavy atom. The van der Waals surface area contributed by atoms with E-state index in [-0.39, 0.29) is 103 Å². The monoisotopic (exact) mass is 1590 g/mol. The molecule has 1 fully saturated rings. The number of hydroxylamine groups is 1. The first-order chi connectivity index (χ1) is 54.2. The zero-order valence-electron chi connectivity index (χ0n) is 64.8. The number of hydrogen-bond donors (Lipinski definition) is 20. The fourth-order valence-electron chi connectivity index (χ4n) is 11.9. The largest absolute Gasteiger partial charge is 0.370 e. The van der Waals surface area contributed by atoms with Gasteiger partial charge in [-0.15, -0.1) is 10.2 Å². The zero-order chi connectivity index (χ0) is 83.0. The molecule has 1 aliphatic heterocycles. The number of amides is 14. The van der Waals surface area contributed by atoms with E-state index in [4.69, 9.17) is 45.3 Å². The van der Waals surface area contributed by atoms with Crippen molar-refractivity contribution >= 4 is 88.7 Å². The zero-order valence-corrected chi connectivity index (χ0v) is 64.8. The van der Waals surface area contributed by atoms with Crippen LogP contribution < -0.4 is 104 Å². The molecule has 4 rings (SSSR count). The van der Waals surface area contributed by atoms with Gasteiger partial charge in [0.25, 0.3) is 0 Å². The summed E-state index contributed by atoms with van der Waals surface area (Å²) in [6.45, 7) is 2.52. The second-order valence-electron chi connectivity index (χ2n) is 27.8. The highest BCUT2D eigenvalue weighted by Crippen LogP contribution is 2.21. The van der Waals surface area contributed by atoms with Crippen molar-refractivity contribution in [3.8, 4) is 16.9 Å². The first-order valence-corrected chi connectivity index (χ1v) is 38.7. The van der Waals surface area contributed by atoms with Crippen LogP contribution in [0, 0.1) is 5.92 Å². The maximum absolute atomic E-state index is 14.6. The molecule has 2 aromatic heterocycles. The quantitative estimate of drug-likeness (QED) is 0.00824. The van der Waals surface area contributed by atoms with Gasteiger partial charge in [-0.05, 0) is 173 Å². The van der Waals surface area contributed by atoms with E-state index in [0.29, 0.717) is 95.0 Å². The first-order valence-electron chi connectivity index (χ1n) is 38.7. The van der Waals surface area contributed by atoms with Crippen LogP contribution in [0.1, 0.15) is 167 Å². The second kappa shape index (κ2) is 53.2. The number of nitrogens with one attached hydrogen (secondary N) is 12. The lowest BCUT2D eigenvalue weighted by Gasteiger charge is -2.29. The Bertz CT molecular complexity index is 3570. The fourth-order valence-corrected chi connectivity index (χ4v) is 11.9. The third-order valence-electron chi connectivity index (χ3n) is 18.2. The third kappa shape index (κ3) is 36.9. The minimum atomic E-state index is -1.39. The van der Waals surface area contributed by atoms with Crippen LogP contribution in [0.5, 0.6) is 0 Å². The molecule has 0 spiro atoms. The van der Waals surface area contributed by atoms with Crippen molar-refractivity contribution in [3.63, 3.8) is 0 Å². The van der Waals surface area contributed by atoms with Gasteiger partial charge in [-0.1, -0.05) is 49.2 Å². The lowest BCUT2D eigenvalue weighted by atomic mass is 10.0. The predicted octanol–water partition coefficient (Wildman–Crippen LogP) is -5.50. The highest BCUT2D eigenvalue weighted by atomic mass is 16.5. The number of hydrogen-bond acceptors (Lipinski definition) is 24. The van der Waals surface area contributed by atoms with E-state index in [1.807, 2.05) is 30.5 Å². The number of likely N-dealkylation sites (tertiary alicyclic amines) is 1. The summed E-state index contributed by atoms with van der Waals surface area (Å²) in [5, 5.41) is 53.9. The Labute approximate surface area is 656 Å². The first kappa shape index (κ1) is 94.5. The van der Waals surface area contributed by atoms with Crippen molar-refractivity contribution in [2.24, 2.45) is 51.0 Å². The van der Waals surface area contributed by atoms with E-state index in [1.165, 1.54) is 4.90 Å². The number of guanidine groups is 1.